The maximum Gasteiger partial charge on any atom is 0.301 e. The summed E-state index contributed by atoms with van der Waals surface area (Å²) in [5, 5.41) is 12.0. The number of aryl methyl sites for hydroxylation is 2. The van der Waals surface area contributed by atoms with Gasteiger partial charge < -0.3 is 14.6 Å². The van der Waals surface area contributed by atoms with Crippen molar-refractivity contribution in [2.75, 3.05) is 11.5 Å². The predicted molar refractivity (Wildman–Crippen MR) is 170 cm³/mol. The molecule has 1 N–H and O–H groups in total. The quantitative estimate of drug-likeness (QED) is 0.0891. The van der Waals surface area contributed by atoms with Crippen LogP contribution in [0.1, 0.15) is 57.8 Å². The fourth-order valence-electron chi connectivity index (χ4n) is 5.50. The van der Waals surface area contributed by atoms with Crippen molar-refractivity contribution in [1.29, 1.82) is 0 Å². The van der Waals surface area contributed by atoms with Crippen molar-refractivity contribution in [3.63, 3.8) is 0 Å². The van der Waals surface area contributed by atoms with Gasteiger partial charge in [0.2, 0.25) is 0 Å². The van der Waals surface area contributed by atoms with E-state index in [2.05, 4.69) is 9.97 Å². The van der Waals surface area contributed by atoms with E-state index >= 15 is 0 Å². The number of imidazole rings is 1. The molecule has 0 spiro atoms. The van der Waals surface area contributed by atoms with Crippen LogP contribution in [-0.4, -0.2) is 43.6 Å². The van der Waals surface area contributed by atoms with Crippen molar-refractivity contribution in [2.45, 2.75) is 40.3 Å². The lowest BCUT2D eigenvalue weighted by atomic mass is 9.96. The van der Waals surface area contributed by atoms with Gasteiger partial charge in [-0.2, -0.15) is 0 Å². The summed E-state index contributed by atoms with van der Waals surface area (Å²) < 4.78 is 13.7. The molecule has 1 amide bonds. The van der Waals surface area contributed by atoms with Gasteiger partial charge in [0.1, 0.15) is 17.9 Å². The number of ketones is 2. The first kappa shape index (κ1) is 29.8. The van der Waals surface area contributed by atoms with Gasteiger partial charge in [-0.05, 0) is 56.2 Å². The second-order valence-electron chi connectivity index (χ2n) is 10.5. The van der Waals surface area contributed by atoms with Crippen LogP contribution >= 0.6 is 11.3 Å². The van der Waals surface area contributed by atoms with Gasteiger partial charge in [0.05, 0.1) is 34.5 Å². The van der Waals surface area contributed by atoms with Gasteiger partial charge in [0, 0.05) is 13.1 Å². The van der Waals surface area contributed by atoms with Gasteiger partial charge in [-0.15, -0.1) is 0 Å². The van der Waals surface area contributed by atoms with Crippen LogP contribution in [0.25, 0.3) is 11.4 Å². The number of ether oxygens (including phenoxy) is 2. The SMILES string of the molecule is CCOc1cc(C2/C(=C(\O)c3c(C)nc4ccccn34)C(=O)C(=O)N2c2nc(C)c(C(C)=O)s2)ccc1OCc1ccccc1. The average molecular weight is 623 g/mol. The lowest BCUT2D eigenvalue weighted by Gasteiger charge is -2.24. The van der Waals surface area contributed by atoms with Crippen molar-refractivity contribution in [1.82, 2.24) is 14.4 Å². The Morgan fingerprint density at radius 1 is 0.956 bits per heavy atom. The largest absolute Gasteiger partial charge is 0.505 e. The molecule has 0 radical (unpaired) electrons. The third kappa shape index (κ3) is 5.35. The molecule has 45 heavy (non-hydrogen) atoms. The number of rotatable bonds is 9. The predicted octanol–water partition coefficient (Wildman–Crippen LogP) is 6.21. The van der Waals surface area contributed by atoms with Gasteiger partial charge in [-0.25, -0.2) is 9.97 Å². The van der Waals surface area contributed by atoms with Crippen molar-refractivity contribution in [3.05, 3.63) is 112 Å². The molecule has 2 aromatic carbocycles. The minimum Gasteiger partial charge on any atom is -0.505 e. The molecule has 0 bridgehead atoms. The van der Waals surface area contributed by atoms with Gasteiger partial charge in [-0.3, -0.25) is 23.7 Å². The highest BCUT2D eigenvalue weighted by atomic mass is 32.1. The number of carbonyl (C=O) groups excluding carboxylic acids is 3. The Labute approximate surface area is 263 Å². The Morgan fingerprint density at radius 2 is 1.71 bits per heavy atom. The van der Waals surface area contributed by atoms with Crippen LogP contribution in [0.5, 0.6) is 11.5 Å². The van der Waals surface area contributed by atoms with E-state index in [4.69, 9.17) is 9.47 Å². The number of carbonyl (C=O) groups is 3. The van der Waals surface area contributed by atoms with E-state index in [1.807, 2.05) is 43.3 Å². The number of benzene rings is 2. The number of thiazole rings is 1. The molecular formula is C34H30N4O6S. The molecule has 5 aromatic rings. The Morgan fingerprint density at radius 3 is 2.42 bits per heavy atom. The first-order valence-corrected chi connectivity index (χ1v) is 15.2. The van der Waals surface area contributed by atoms with Crippen molar-refractivity contribution >= 4 is 45.3 Å². The summed E-state index contributed by atoms with van der Waals surface area (Å²) in [7, 11) is 0. The maximum absolute atomic E-state index is 13.8. The van der Waals surface area contributed by atoms with Gasteiger partial charge in [0.25, 0.3) is 5.78 Å². The van der Waals surface area contributed by atoms with E-state index in [1.165, 1.54) is 11.8 Å². The zero-order chi connectivity index (χ0) is 31.8. The van der Waals surface area contributed by atoms with Crippen LogP contribution in [0, 0.1) is 13.8 Å². The molecule has 0 saturated carbocycles. The molecule has 1 fully saturated rings. The van der Waals surface area contributed by atoms with Gasteiger partial charge in [-0.1, -0.05) is 53.8 Å². The Hall–Kier alpha value is -5.29. The lowest BCUT2D eigenvalue weighted by Crippen LogP contribution is -2.29. The summed E-state index contributed by atoms with van der Waals surface area (Å²) in [4.78, 5) is 50.6. The number of fused-ring (bicyclic) bond motifs is 1. The zero-order valence-electron chi connectivity index (χ0n) is 25.1. The number of anilines is 1. The highest BCUT2D eigenvalue weighted by Gasteiger charge is 2.49. The zero-order valence-corrected chi connectivity index (χ0v) is 25.9. The number of aliphatic hydroxyl groups excluding tert-OH is 1. The molecule has 10 nitrogen and oxygen atoms in total. The number of Topliss-reactive ketones (excluding diaryl/α,β-unsaturated/α-hetero) is 2. The molecule has 4 heterocycles. The molecule has 1 saturated heterocycles. The number of amides is 1. The fourth-order valence-corrected chi connectivity index (χ4v) is 6.49. The van der Waals surface area contributed by atoms with Crippen LogP contribution in [0.15, 0.2) is 78.5 Å². The summed E-state index contributed by atoms with van der Waals surface area (Å²) in [5.74, 6) is -1.46. The number of aliphatic hydroxyl groups is 1. The van der Waals surface area contributed by atoms with Gasteiger partial charge >= 0.3 is 5.91 Å². The van der Waals surface area contributed by atoms with E-state index in [0.717, 1.165) is 16.9 Å². The monoisotopic (exact) mass is 622 g/mol. The first-order chi connectivity index (χ1) is 21.7. The summed E-state index contributed by atoms with van der Waals surface area (Å²) in [6.45, 7) is 7.30. The molecule has 0 aliphatic carbocycles. The maximum atomic E-state index is 13.8. The fraction of sp³-hybridized carbons (Fsp3) is 0.206. The van der Waals surface area contributed by atoms with Crippen LogP contribution < -0.4 is 14.4 Å². The second-order valence-corrected chi connectivity index (χ2v) is 11.5. The van der Waals surface area contributed by atoms with Crippen molar-refractivity contribution in [3.8, 4) is 11.5 Å². The molecule has 1 aliphatic heterocycles. The second kappa shape index (κ2) is 12.0. The number of hydrogen-bond donors (Lipinski definition) is 1. The lowest BCUT2D eigenvalue weighted by molar-refractivity contribution is -0.132. The average Bonchev–Trinajstić information content (AvgIpc) is 3.66. The van der Waals surface area contributed by atoms with E-state index < -0.39 is 17.7 Å². The minimum absolute atomic E-state index is 0.133. The molecule has 11 heteroatoms. The molecule has 1 aliphatic rings. The number of pyridine rings is 1. The van der Waals surface area contributed by atoms with E-state index in [0.29, 0.717) is 57.9 Å². The number of aromatic nitrogens is 3. The topological polar surface area (TPSA) is 123 Å². The normalized spacial score (nSPS) is 16.0. The van der Waals surface area contributed by atoms with E-state index in [1.54, 1.807) is 54.8 Å². The summed E-state index contributed by atoms with van der Waals surface area (Å²) in [5.41, 5.74) is 3.11. The molecule has 3 aromatic heterocycles. The smallest absolute Gasteiger partial charge is 0.301 e. The standard InChI is InChI=1S/C34H30N4O6S/c1-5-43-25-17-23(14-15-24(25)44-18-22-11-7-6-8-12-22)29-27(30(40)28-19(2)35-26-13-9-10-16-37(26)28)31(41)33(42)38(29)34-36-20(3)32(45-34)21(4)39/h6-17,29,40H,5,18H2,1-4H3/b30-27+. The van der Waals surface area contributed by atoms with Crippen LogP contribution in [0.2, 0.25) is 0 Å². The van der Waals surface area contributed by atoms with Crippen LogP contribution in [0.3, 0.4) is 0 Å². The van der Waals surface area contributed by atoms with Crippen LogP contribution in [-0.2, 0) is 16.2 Å². The Balaban J connectivity index is 1.53. The van der Waals surface area contributed by atoms with Gasteiger partial charge in [0.15, 0.2) is 28.2 Å². The molecular weight excluding hydrogens is 592 g/mol. The third-order valence-electron chi connectivity index (χ3n) is 7.50. The summed E-state index contributed by atoms with van der Waals surface area (Å²) >= 11 is 1.02. The third-order valence-corrected chi connectivity index (χ3v) is 8.76. The molecule has 228 valence electrons. The van der Waals surface area contributed by atoms with Crippen LogP contribution in [0.4, 0.5) is 5.13 Å². The van der Waals surface area contributed by atoms with E-state index in [-0.39, 0.29) is 22.2 Å². The van der Waals surface area contributed by atoms with Crippen molar-refractivity contribution in [2.24, 2.45) is 0 Å². The minimum atomic E-state index is -1.09. The molecule has 1 unspecified atom stereocenters. The molecule has 1 atom stereocenters. The first-order valence-electron chi connectivity index (χ1n) is 14.4. The molecule has 6 rings (SSSR count). The summed E-state index contributed by atoms with van der Waals surface area (Å²) in [6.07, 6.45) is 1.73. The number of nitrogens with zero attached hydrogens (tertiary/aromatic N) is 4. The Bertz CT molecular complexity index is 1990. The van der Waals surface area contributed by atoms with Crippen molar-refractivity contribution < 1.29 is 29.0 Å². The Kier molecular flexibility index (Phi) is 7.94. The number of hydrogen-bond acceptors (Lipinski definition) is 9. The highest BCUT2D eigenvalue weighted by molar-refractivity contribution is 7.18. The highest BCUT2D eigenvalue weighted by Crippen LogP contribution is 2.46. The van der Waals surface area contributed by atoms with E-state index in [9.17, 15) is 19.5 Å². The summed E-state index contributed by atoms with van der Waals surface area (Å²) in [6, 6.07) is 19.1.